The largest absolute Gasteiger partial charge is 0.360 e. The van der Waals surface area contributed by atoms with Gasteiger partial charge in [-0.25, -0.2) is 10.4 Å². The molecule has 0 aliphatic carbocycles. The number of rotatable bonds is 7. The van der Waals surface area contributed by atoms with Crippen LogP contribution in [0.5, 0.6) is 0 Å². The van der Waals surface area contributed by atoms with Crippen molar-refractivity contribution in [3.8, 4) is 0 Å². The van der Waals surface area contributed by atoms with Gasteiger partial charge in [-0.15, -0.1) is 11.3 Å². The fourth-order valence-electron chi connectivity index (χ4n) is 2.98. The van der Waals surface area contributed by atoms with Crippen molar-refractivity contribution < 1.29 is 4.79 Å². The number of aromatic nitrogens is 1. The molecule has 0 bridgehead atoms. The lowest BCUT2D eigenvalue weighted by Crippen LogP contribution is -2.42. The molecule has 1 unspecified atom stereocenters. The molecular weight excluding hydrogens is 459 g/mol. The Hall–Kier alpha value is -2.03. The van der Waals surface area contributed by atoms with Crippen LogP contribution in [0.1, 0.15) is 16.5 Å². The highest BCUT2D eigenvalue weighted by Crippen LogP contribution is 2.45. The quantitative estimate of drug-likeness (QED) is 0.339. The smallest absolute Gasteiger partial charge is 0.275 e. The van der Waals surface area contributed by atoms with Crippen LogP contribution in [0, 0.1) is 0 Å². The van der Waals surface area contributed by atoms with Gasteiger partial charge in [0.2, 0.25) is 0 Å². The molecule has 3 aromatic rings. The van der Waals surface area contributed by atoms with Crippen molar-refractivity contribution in [1.82, 2.24) is 15.4 Å². The van der Waals surface area contributed by atoms with Crippen molar-refractivity contribution >= 4 is 63.4 Å². The Morgan fingerprint density at radius 2 is 1.90 bits per heavy atom. The third kappa shape index (κ3) is 5.17. The first kappa shape index (κ1) is 21.2. The Labute approximate surface area is 193 Å². The number of anilines is 1. The molecule has 1 saturated heterocycles. The molecule has 30 heavy (non-hydrogen) atoms. The topological polar surface area (TPSA) is 57.3 Å². The Bertz CT molecular complexity index is 1060. The highest BCUT2D eigenvalue weighted by Gasteiger charge is 2.37. The van der Waals surface area contributed by atoms with Crippen molar-refractivity contribution in [2.45, 2.75) is 5.37 Å². The third-order valence-corrected chi connectivity index (χ3v) is 6.75. The van der Waals surface area contributed by atoms with Gasteiger partial charge < -0.3 is 5.32 Å². The number of thioether (sulfide) groups is 1. The first-order chi connectivity index (χ1) is 14.6. The van der Waals surface area contributed by atoms with Crippen molar-refractivity contribution in [3.63, 3.8) is 0 Å². The Morgan fingerprint density at radius 3 is 2.63 bits per heavy atom. The van der Waals surface area contributed by atoms with Gasteiger partial charge in [0.05, 0.1) is 4.91 Å². The molecule has 1 aromatic heterocycles. The zero-order valence-electron chi connectivity index (χ0n) is 15.7. The molecule has 9 heteroatoms. The predicted octanol–water partition coefficient (Wildman–Crippen LogP) is 5.68. The van der Waals surface area contributed by atoms with Crippen molar-refractivity contribution in [2.75, 3.05) is 18.4 Å². The van der Waals surface area contributed by atoms with E-state index in [1.165, 1.54) is 23.1 Å². The van der Waals surface area contributed by atoms with Crippen LogP contribution in [-0.4, -0.2) is 29.0 Å². The second-order valence-corrected chi connectivity index (χ2v) is 9.33. The zero-order chi connectivity index (χ0) is 20.9. The highest BCUT2D eigenvalue weighted by molar-refractivity contribution is 8.04. The van der Waals surface area contributed by atoms with Crippen LogP contribution in [0.3, 0.4) is 0 Å². The van der Waals surface area contributed by atoms with E-state index in [1.54, 1.807) is 11.2 Å². The van der Waals surface area contributed by atoms with E-state index >= 15 is 0 Å². The molecule has 4 rings (SSSR count). The van der Waals surface area contributed by atoms with E-state index in [1.807, 2.05) is 60.0 Å². The molecule has 1 aliphatic rings. The van der Waals surface area contributed by atoms with Gasteiger partial charge in [-0.3, -0.25) is 9.80 Å². The Balaban J connectivity index is 1.53. The fourth-order valence-corrected chi connectivity index (χ4v) is 5.14. The molecule has 0 saturated carbocycles. The minimum Gasteiger partial charge on any atom is -0.360 e. The van der Waals surface area contributed by atoms with Crippen LogP contribution >= 0.6 is 46.3 Å². The van der Waals surface area contributed by atoms with Crippen LogP contribution in [0.25, 0.3) is 6.08 Å². The van der Waals surface area contributed by atoms with E-state index in [0.29, 0.717) is 28.0 Å². The summed E-state index contributed by atoms with van der Waals surface area (Å²) in [6.07, 6.45) is 3.62. The minimum atomic E-state index is -0.221. The van der Waals surface area contributed by atoms with Crippen molar-refractivity contribution in [1.29, 1.82) is 0 Å². The lowest BCUT2D eigenvalue weighted by molar-refractivity contribution is -0.129. The fraction of sp³-hybridized carbons (Fsp3) is 0.143. The molecule has 1 atom stereocenters. The van der Waals surface area contributed by atoms with E-state index in [4.69, 9.17) is 23.2 Å². The van der Waals surface area contributed by atoms with Gasteiger partial charge >= 0.3 is 0 Å². The molecule has 2 heterocycles. The van der Waals surface area contributed by atoms with Crippen LogP contribution in [-0.2, 0) is 4.79 Å². The lowest BCUT2D eigenvalue weighted by atomic mass is 10.2. The summed E-state index contributed by atoms with van der Waals surface area (Å²) in [5, 5.41) is 8.72. The molecule has 2 N–H and O–H groups in total. The number of hydrogen-bond donors (Lipinski definition) is 2. The number of carbonyl (C=O) groups is 1. The molecule has 1 amide bonds. The third-order valence-electron chi connectivity index (χ3n) is 4.30. The number of amides is 1. The van der Waals surface area contributed by atoms with Gasteiger partial charge in [0.25, 0.3) is 5.91 Å². The molecule has 1 fully saturated rings. The normalized spacial score (nSPS) is 17.7. The maximum Gasteiger partial charge on any atom is 0.275 e. The summed E-state index contributed by atoms with van der Waals surface area (Å²) in [6, 6.07) is 15.0. The van der Waals surface area contributed by atoms with E-state index in [2.05, 4.69) is 15.7 Å². The van der Waals surface area contributed by atoms with E-state index in [9.17, 15) is 4.79 Å². The zero-order valence-corrected chi connectivity index (χ0v) is 18.9. The summed E-state index contributed by atoms with van der Waals surface area (Å²) in [7, 11) is 0. The molecular formula is C21H18Cl2N4OS2. The number of carbonyl (C=O) groups excluding carboxylic acids is 1. The number of benzene rings is 2. The summed E-state index contributed by atoms with van der Waals surface area (Å²) in [5.41, 5.74) is 5.10. The number of nitrogens with one attached hydrogen (secondary N) is 2. The van der Waals surface area contributed by atoms with E-state index in [-0.39, 0.29) is 11.3 Å². The summed E-state index contributed by atoms with van der Waals surface area (Å²) >= 11 is 15.3. The molecule has 5 nitrogen and oxygen atoms in total. The van der Waals surface area contributed by atoms with Gasteiger partial charge in [-0.1, -0.05) is 59.2 Å². The summed E-state index contributed by atoms with van der Waals surface area (Å²) < 4.78 is 0. The average Bonchev–Trinajstić information content (AvgIpc) is 3.34. The lowest BCUT2D eigenvalue weighted by Gasteiger charge is -2.24. The number of nitrogens with zero attached hydrogens (tertiary/aromatic N) is 2. The SMILES string of the molecule is O=C1/C(=C\c2cccc(Cl)c2)SC(c2cccc(Cl)c2)N1NCCNc1nccs1. The van der Waals surface area contributed by atoms with Gasteiger partial charge in [0.1, 0.15) is 5.37 Å². The molecule has 1 aliphatic heterocycles. The summed E-state index contributed by atoms with van der Waals surface area (Å²) in [4.78, 5) is 18.0. The van der Waals surface area contributed by atoms with Crippen LogP contribution in [0.4, 0.5) is 5.13 Å². The Morgan fingerprint density at radius 1 is 1.10 bits per heavy atom. The van der Waals surface area contributed by atoms with Gasteiger partial charge in [-0.2, -0.15) is 0 Å². The average molecular weight is 477 g/mol. The van der Waals surface area contributed by atoms with Gasteiger partial charge in [0.15, 0.2) is 5.13 Å². The maximum absolute atomic E-state index is 13.2. The van der Waals surface area contributed by atoms with Crippen molar-refractivity contribution in [2.24, 2.45) is 0 Å². The number of thiazole rings is 1. The maximum atomic E-state index is 13.2. The molecule has 0 spiro atoms. The van der Waals surface area contributed by atoms with Gasteiger partial charge in [0, 0.05) is 34.7 Å². The first-order valence-corrected chi connectivity index (χ1v) is 11.7. The number of hydrazine groups is 1. The van der Waals surface area contributed by atoms with E-state index < -0.39 is 0 Å². The second-order valence-electron chi connectivity index (χ2n) is 6.44. The first-order valence-electron chi connectivity index (χ1n) is 9.20. The highest BCUT2D eigenvalue weighted by atomic mass is 35.5. The number of halogens is 2. The van der Waals surface area contributed by atoms with Crippen molar-refractivity contribution in [3.05, 3.63) is 86.2 Å². The van der Waals surface area contributed by atoms with E-state index in [0.717, 1.165) is 16.3 Å². The van der Waals surface area contributed by atoms with Crippen LogP contribution in [0.2, 0.25) is 10.0 Å². The summed E-state index contributed by atoms with van der Waals surface area (Å²) in [6.45, 7) is 1.20. The molecule has 154 valence electrons. The predicted molar refractivity (Wildman–Crippen MR) is 127 cm³/mol. The number of hydrogen-bond acceptors (Lipinski definition) is 6. The standard InChI is InChI=1S/C21H18Cl2N4OS2/c22-16-5-1-3-14(11-16)12-18-19(28)27(26-8-7-24-21-25-9-10-29-21)20(30-18)15-4-2-6-17(23)13-15/h1-6,9-13,20,26H,7-8H2,(H,24,25)/b18-12+. The second kappa shape index (κ2) is 9.85. The summed E-state index contributed by atoms with van der Waals surface area (Å²) in [5.74, 6) is -0.0841. The minimum absolute atomic E-state index is 0.0841. The van der Waals surface area contributed by atoms with Gasteiger partial charge in [-0.05, 0) is 41.5 Å². The monoisotopic (exact) mass is 476 g/mol. The molecule has 2 aromatic carbocycles. The molecule has 0 radical (unpaired) electrons. The van der Waals surface area contributed by atoms with Crippen LogP contribution < -0.4 is 10.7 Å². The Kier molecular flexibility index (Phi) is 6.97. The van der Waals surface area contributed by atoms with Crippen LogP contribution in [0.15, 0.2) is 65.0 Å².